The van der Waals surface area contributed by atoms with Crippen LogP contribution in [-0.4, -0.2) is 27.8 Å². The van der Waals surface area contributed by atoms with Crippen LogP contribution < -0.4 is 0 Å². The van der Waals surface area contributed by atoms with Gasteiger partial charge >= 0.3 is 0 Å². The van der Waals surface area contributed by atoms with Crippen molar-refractivity contribution in [3.05, 3.63) is 0 Å². The van der Waals surface area contributed by atoms with Gasteiger partial charge in [0.25, 0.3) is 0 Å². The maximum absolute atomic E-state index is 11.6. The van der Waals surface area contributed by atoms with E-state index in [-0.39, 0.29) is 22.9 Å². The fourth-order valence-electron chi connectivity index (χ4n) is 1.87. The van der Waals surface area contributed by atoms with E-state index in [9.17, 15) is 4.79 Å². The van der Waals surface area contributed by atoms with E-state index in [1.165, 1.54) is 0 Å². The summed E-state index contributed by atoms with van der Waals surface area (Å²) in [5.41, 5.74) is -0.0971. The van der Waals surface area contributed by atoms with Crippen LogP contribution in [0.3, 0.4) is 0 Å². The summed E-state index contributed by atoms with van der Waals surface area (Å²) in [5.74, 6) is 0.0802. The quantitative estimate of drug-likeness (QED) is 0.534. The van der Waals surface area contributed by atoms with E-state index in [1.54, 1.807) is 0 Å². The molecule has 0 unspecified atom stereocenters. The third kappa shape index (κ3) is 1.58. The summed E-state index contributed by atoms with van der Waals surface area (Å²) < 4.78 is 0. The van der Waals surface area contributed by atoms with Gasteiger partial charge in [-0.25, -0.2) is 0 Å². The highest BCUT2D eigenvalue weighted by atomic mass is 35.5. The molecule has 12 heavy (non-hydrogen) atoms. The fraction of sp³-hybridized carbons (Fsp3) is 0.889. The van der Waals surface area contributed by atoms with Crippen LogP contribution in [0.1, 0.15) is 34.1 Å². The first-order valence-electron chi connectivity index (χ1n) is 4.31. The molecule has 1 aliphatic rings. The number of amides is 1. The topological polar surface area (TPSA) is 20.3 Å². The van der Waals surface area contributed by atoms with Crippen LogP contribution in [0.25, 0.3) is 0 Å². The zero-order chi connectivity index (χ0) is 9.52. The van der Waals surface area contributed by atoms with E-state index < -0.39 is 0 Å². The van der Waals surface area contributed by atoms with Gasteiger partial charge < -0.3 is 4.90 Å². The molecule has 1 aliphatic heterocycles. The van der Waals surface area contributed by atoms with Crippen molar-refractivity contribution in [3.8, 4) is 0 Å². The van der Waals surface area contributed by atoms with Gasteiger partial charge in [0.1, 0.15) is 5.38 Å². The van der Waals surface area contributed by atoms with Crippen LogP contribution in [0, 0.1) is 0 Å². The number of nitrogens with zero attached hydrogens (tertiary/aromatic N) is 1. The second-order valence-corrected chi connectivity index (χ2v) is 4.96. The smallest absolute Gasteiger partial charge is 0.241 e. The number of halogens is 1. The monoisotopic (exact) mass is 189 g/mol. The Bertz CT molecular complexity index is 197. The van der Waals surface area contributed by atoms with Crippen LogP contribution in [0.4, 0.5) is 0 Å². The Kier molecular flexibility index (Phi) is 2.39. The molecule has 2 nitrogen and oxygen atoms in total. The molecule has 0 aromatic heterocycles. The molecule has 0 radical (unpaired) electrons. The molecule has 1 rings (SSSR count). The third-order valence-corrected chi connectivity index (χ3v) is 2.58. The molecule has 70 valence electrons. The molecule has 0 bridgehead atoms. The van der Waals surface area contributed by atoms with E-state index in [0.29, 0.717) is 0 Å². The van der Waals surface area contributed by atoms with Gasteiger partial charge in [0.05, 0.1) is 0 Å². The van der Waals surface area contributed by atoms with E-state index >= 15 is 0 Å². The molecule has 0 spiro atoms. The molecule has 1 fully saturated rings. The van der Waals surface area contributed by atoms with Crippen molar-refractivity contribution in [2.45, 2.75) is 51.1 Å². The Morgan fingerprint density at radius 2 is 2.00 bits per heavy atom. The summed E-state index contributed by atoms with van der Waals surface area (Å²) in [6.07, 6.45) is 0.775. The minimum atomic E-state index is -0.306. The van der Waals surface area contributed by atoms with Crippen molar-refractivity contribution in [1.29, 1.82) is 0 Å². The zero-order valence-corrected chi connectivity index (χ0v) is 8.85. The Balaban J connectivity index is 2.84. The minimum absolute atomic E-state index is 0.0802. The summed E-state index contributed by atoms with van der Waals surface area (Å²) in [7, 11) is 0. The van der Waals surface area contributed by atoms with Gasteiger partial charge in [-0.3, -0.25) is 4.79 Å². The molecule has 0 aromatic rings. The number of carbonyl (C=O) groups excluding carboxylic acids is 1. The minimum Gasteiger partial charge on any atom is -0.334 e. The average Bonchev–Trinajstić information content (AvgIpc) is 2.05. The number of alkyl halides is 1. The number of carbonyl (C=O) groups is 1. The van der Waals surface area contributed by atoms with Crippen LogP contribution >= 0.6 is 11.6 Å². The lowest BCUT2D eigenvalue weighted by Crippen LogP contribution is -2.46. The normalized spacial score (nSPS) is 31.4. The van der Waals surface area contributed by atoms with Crippen LogP contribution in [0.15, 0.2) is 0 Å². The lowest BCUT2D eigenvalue weighted by atomic mass is 10.1. The molecule has 1 saturated heterocycles. The number of likely N-dealkylation sites (tertiary alicyclic amines) is 1. The Labute approximate surface area is 78.9 Å². The van der Waals surface area contributed by atoms with E-state index in [0.717, 1.165) is 6.42 Å². The second-order valence-electron chi connectivity index (χ2n) is 4.43. The summed E-state index contributed by atoms with van der Waals surface area (Å²) in [6.45, 7) is 8.16. The number of hydrogen-bond acceptors (Lipinski definition) is 1. The maximum Gasteiger partial charge on any atom is 0.241 e. The van der Waals surface area contributed by atoms with Crippen molar-refractivity contribution < 1.29 is 4.79 Å². The molecule has 1 heterocycles. The van der Waals surface area contributed by atoms with Crippen LogP contribution in [0.2, 0.25) is 0 Å². The van der Waals surface area contributed by atoms with Gasteiger partial charge in [-0.15, -0.1) is 11.6 Å². The van der Waals surface area contributed by atoms with Crippen molar-refractivity contribution >= 4 is 17.5 Å². The van der Waals surface area contributed by atoms with Crippen LogP contribution in [0.5, 0.6) is 0 Å². The van der Waals surface area contributed by atoms with Crippen molar-refractivity contribution in [3.63, 3.8) is 0 Å². The van der Waals surface area contributed by atoms with Gasteiger partial charge in [0, 0.05) is 11.6 Å². The molecule has 0 aromatic carbocycles. The van der Waals surface area contributed by atoms with Gasteiger partial charge in [-0.2, -0.15) is 0 Å². The third-order valence-electron chi connectivity index (χ3n) is 2.22. The SMILES string of the molecule is C[C@@H]1C[C@H](Cl)C(=O)N1C(C)(C)C. The van der Waals surface area contributed by atoms with Crippen molar-refractivity contribution in [2.24, 2.45) is 0 Å². The van der Waals surface area contributed by atoms with Crippen molar-refractivity contribution in [2.75, 3.05) is 0 Å². The Hall–Kier alpha value is -0.240. The molecule has 0 aliphatic carbocycles. The fourth-order valence-corrected chi connectivity index (χ4v) is 2.23. The van der Waals surface area contributed by atoms with Gasteiger partial charge in [-0.05, 0) is 34.1 Å². The van der Waals surface area contributed by atoms with E-state index in [4.69, 9.17) is 11.6 Å². The average molecular weight is 190 g/mol. The lowest BCUT2D eigenvalue weighted by molar-refractivity contribution is -0.133. The Morgan fingerprint density at radius 3 is 2.17 bits per heavy atom. The van der Waals surface area contributed by atoms with Gasteiger partial charge in [0.15, 0.2) is 0 Å². The largest absolute Gasteiger partial charge is 0.334 e. The highest BCUT2D eigenvalue weighted by Gasteiger charge is 2.41. The summed E-state index contributed by atoms with van der Waals surface area (Å²) >= 11 is 5.87. The van der Waals surface area contributed by atoms with Crippen molar-refractivity contribution in [1.82, 2.24) is 4.90 Å². The molecule has 3 heteroatoms. The van der Waals surface area contributed by atoms with Crippen LogP contribution in [-0.2, 0) is 4.79 Å². The number of hydrogen-bond donors (Lipinski definition) is 0. The first-order valence-corrected chi connectivity index (χ1v) is 4.75. The highest BCUT2D eigenvalue weighted by molar-refractivity contribution is 6.31. The predicted octanol–water partition coefficient (Wildman–Crippen LogP) is 2.01. The van der Waals surface area contributed by atoms with Gasteiger partial charge in [-0.1, -0.05) is 0 Å². The molecule has 0 saturated carbocycles. The Morgan fingerprint density at radius 1 is 1.50 bits per heavy atom. The van der Waals surface area contributed by atoms with Gasteiger partial charge in [0.2, 0.25) is 5.91 Å². The lowest BCUT2D eigenvalue weighted by Gasteiger charge is -2.35. The zero-order valence-electron chi connectivity index (χ0n) is 8.10. The standard InChI is InChI=1S/C9H16ClNO/c1-6-5-7(10)8(12)11(6)9(2,3)4/h6-7H,5H2,1-4H3/t6-,7+/m1/s1. The molecule has 2 atom stereocenters. The maximum atomic E-state index is 11.6. The molecular weight excluding hydrogens is 174 g/mol. The summed E-state index contributed by atoms with van der Waals surface area (Å²) in [5, 5.41) is -0.306. The molecular formula is C9H16ClNO. The van der Waals surface area contributed by atoms with E-state index in [1.807, 2.05) is 32.6 Å². The summed E-state index contributed by atoms with van der Waals surface area (Å²) in [4.78, 5) is 13.4. The number of rotatable bonds is 0. The second kappa shape index (κ2) is 2.91. The molecule has 0 N–H and O–H groups in total. The highest BCUT2D eigenvalue weighted by Crippen LogP contribution is 2.29. The summed E-state index contributed by atoms with van der Waals surface area (Å²) in [6, 6.07) is 0.278. The first-order chi connectivity index (χ1) is 5.34. The first kappa shape index (κ1) is 9.85. The van der Waals surface area contributed by atoms with E-state index in [2.05, 4.69) is 0 Å². The molecule has 1 amide bonds. The predicted molar refractivity (Wildman–Crippen MR) is 50.3 cm³/mol.